The summed E-state index contributed by atoms with van der Waals surface area (Å²) in [6.45, 7) is 4.28. The molecule has 5 heteroatoms. The quantitative estimate of drug-likeness (QED) is 0.695. The summed E-state index contributed by atoms with van der Waals surface area (Å²) < 4.78 is 5.27. The average Bonchev–Trinajstić information content (AvgIpc) is 2.68. The van der Waals surface area contributed by atoms with Crippen LogP contribution in [-0.4, -0.2) is 50.2 Å². The first kappa shape index (κ1) is 18.5. The van der Waals surface area contributed by atoms with Crippen molar-refractivity contribution in [1.82, 2.24) is 9.88 Å². The first-order valence-corrected chi connectivity index (χ1v) is 8.72. The average molecular weight is 370 g/mol. The maximum Gasteiger partial charge on any atom is 0.118 e. The number of piperazine rings is 1. The fourth-order valence-electron chi connectivity index (χ4n) is 3.38. The molecule has 0 unspecified atom stereocenters. The maximum atomic E-state index is 5.27. The molecule has 26 heavy (non-hydrogen) atoms. The van der Waals surface area contributed by atoms with E-state index in [0.29, 0.717) is 0 Å². The lowest BCUT2D eigenvalue weighted by atomic mass is 10.1. The number of hydrogen-bond donors (Lipinski definition) is 0. The number of likely N-dealkylation sites (N-methyl/N-ethyl adjacent to an activating group) is 1. The summed E-state index contributed by atoms with van der Waals surface area (Å²) in [5, 5.41) is 1.23. The van der Waals surface area contributed by atoms with Crippen molar-refractivity contribution in [3.63, 3.8) is 0 Å². The van der Waals surface area contributed by atoms with E-state index in [1.54, 1.807) is 7.11 Å². The van der Waals surface area contributed by atoms with Gasteiger partial charge < -0.3 is 14.5 Å². The summed E-state index contributed by atoms with van der Waals surface area (Å²) >= 11 is 0. The SMILES string of the molecule is COc1ccc(-c2cc(N3CCN(C)CC3)c3ccccc3n2)cc1.Cl. The molecule has 3 aromatic rings. The van der Waals surface area contributed by atoms with Crippen LogP contribution in [0.4, 0.5) is 5.69 Å². The Morgan fingerprint density at radius 3 is 2.31 bits per heavy atom. The zero-order chi connectivity index (χ0) is 17.2. The van der Waals surface area contributed by atoms with Crippen LogP contribution in [0.1, 0.15) is 0 Å². The lowest BCUT2D eigenvalue weighted by Gasteiger charge is -2.34. The number of benzene rings is 2. The van der Waals surface area contributed by atoms with Crippen LogP contribution in [0.15, 0.2) is 54.6 Å². The molecule has 0 radical (unpaired) electrons. The molecule has 1 fully saturated rings. The summed E-state index contributed by atoms with van der Waals surface area (Å²) in [4.78, 5) is 9.76. The molecule has 4 rings (SSSR count). The molecule has 0 bridgehead atoms. The number of hydrogen-bond acceptors (Lipinski definition) is 4. The molecular weight excluding hydrogens is 346 g/mol. The van der Waals surface area contributed by atoms with E-state index in [2.05, 4.69) is 59.3 Å². The highest BCUT2D eigenvalue weighted by Crippen LogP contribution is 2.32. The van der Waals surface area contributed by atoms with E-state index in [1.807, 2.05) is 12.1 Å². The summed E-state index contributed by atoms with van der Waals surface area (Å²) in [6.07, 6.45) is 0. The highest BCUT2D eigenvalue weighted by atomic mass is 35.5. The molecule has 0 atom stereocenters. The van der Waals surface area contributed by atoms with Crippen LogP contribution in [0.5, 0.6) is 5.75 Å². The second kappa shape index (κ2) is 7.94. The summed E-state index contributed by atoms with van der Waals surface area (Å²) in [6, 6.07) is 18.8. The second-order valence-corrected chi connectivity index (χ2v) is 6.56. The molecule has 0 saturated carbocycles. The Hall–Kier alpha value is -2.30. The molecule has 4 nitrogen and oxygen atoms in total. The molecule has 1 aliphatic heterocycles. The highest BCUT2D eigenvalue weighted by Gasteiger charge is 2.18. The number of nitrogens with zero attached hydrogens (tertiary/aromatic N) is 3. The minimum Gasteiger partial charge on any atom is -0.497 e. The van der Waals surface area contributed by atoms with Gasteiger partial charge in [-0.1, -0.05) is 18.2 Å². The molecular formula is C21H24ClN3O. The lowest BCUT2D eigenvalue weighted by Crippen LogP contribution is -2.44. The van der Waals surface area contributed by atoms with Gasteiger partial charge in [-0.2, -0.15) is 0 Å². The predicted octanol–water partition coefficient (Wildman–Crippen LogP) is 4.08. The van der Waals surface area contributed by atoms with Crippen molar-refractivity contribution in [1.29, 1.82) is 0 Å². The van der Waals surface area contributed by atoms with Gasteiger partial charge in [-0.15, -0.1) is 12.4 Å². The van der Waals surface area contributed by atoms with Crippen molar-refractivity contribution in [2.75, 3.05) is 45.2 Å². The number of rotatable bonds is 3. The van der Waals surface area contributed by atoms with E-state index in [-0.39, 0.29) is 12.4 Å². The van der Waals surface area contributed by atoms with E-state index >= 15 is 0 Å². The minimum absolute atomic E-state index is 0. The van der Waals surface area contributed by atoms with Crippen LogP contribution in [0.2, 0.25) is 0 Å². The minimum atomic E-state index is 0. The topological polar surface area (TPSA) is 28.6 Å². The van der Waals surface area contributed by atoms with Crippen molar-refractivity contribution >= 4 is 29.0 Å². The summed E-state index contributed by atoms with van der Waals surface area (Å²) in [5.41, 5.74) is 4.45. The zero-order valence-electron chi connectivity index (χ0n) is 15.2. The van der Waals surface area contributed by atoms with Gasteiger partial charge in [-0.25, -0.2) is 4.98 Å². The molecule has 0 N–H and O–H groups in total. The van der Waals surface area contributed by atoms with Crippen molar-refractivity contribution < 1.29 is 4.74 Å². The lowest BCUT2D eigenvalue weighted by molar-refractivity contribution is 0.313. The molecule has 136 valence electrons. The number of para-hydroxylation sites is 1. The molecule has 1 aromatic heterocycles. The number of aromatic nitrogens is 1. The van der Waals surface area contributed by atoms with E-state index in [1.165, 1.54) is 11.1 Å². The normalized spacial score (nSPS) is 14.9. The number of halogens is 1. The molecule has 1 aliphatic rings. The Morgan fingerprint density at radius 1 is 0.923 bits per heavy atom. The number of pyridine rings is 1. The molecule has 0 amide bonds. The standard InChI is InChI=1S/C21H23N3O.ClH/c1-23-11-13-24(14-12-23)21-15-20(16-7-9-17(25-2)10-8-16)22-19-6-4-3-5-18(19)21;/h3-10,15H,11-14H2,1-2H3;1H. The fourth-order valence-corrected chi connectivity index (χ4v) is 3.38. The van der Waals surface area contributed by atoms with Crippen LogP contribution < -0.4 is 9.64 Å². The van der Waals surface area contributed by atoms with Crippen LogP contribution in [0.3, 0.4) is 0 Å². The first-order chi connectivity index (χ1) is 12.2. The van der Waals surface area contributed by atoms with E-state index in [4.69, 9.17) is 9.72 Å². The Bertz CT molecular complexity index is 874. The highest BCUT2D eigenvalue weighted by molar-refractivity contribution is 5.94. The number of ether oxygens (including phenoxy) is 1. The van der Waals surface area contributed by atoms with Gasteiger partial charge in [-0.05, 0) is 43.4 Å². The van der Waals surface area contributed by atoms with Crippen LogP contribution in [-0.2, 0) is 0 Å². The third-order valence-electron chi connectivity index (χ3n) is 4.92. The third kappa shape index (κ3) is 3.62. The second-order valence-electron chi connectivity index (χ2n) is 6.56. The largest absolute Gasteiger partial charge is 0.497 e. The van der Waals surface area contributed by atoms with Gasteiger partial charge in [0.2, 0.25) is 0 Å². The van der Waals surface area contributed by atoms with E-state index < -0.39 is 0 Å². The monoisotopic (exact) mass is 369 g/mol. The fraction of sp³-hybridized carbons (Fsp3) is 0.286. The Morgan fingerprint density at radius 2 is 1.62 bits per heavy atom. The molecule has 2 aromatic carbocycles. The van der Waals surface area contributed by atoms with Crippen LogP contribution in [0, 0.1) is 0 Å². The molecule has 2 heterocycles. The van der Waals surface area contributed by atoms with Crippen molar-refractivity contribution in [3.8, 4) is 17.0 Å². The van der Waals surface area contributed by atoms with Crippen LogP contribution >= 0.6 is 12.4 Å². The smallest absolute Gasteiger partial charge is 0.118 e. The number of fused-ring (bicyclic) bond motifs is 1. The van der Waals surface area contributed by atoms with Gasteiger partial charge in [0.1, 0.15) is 5.75 Å². The van der Waals surface area contributed by atoms with Crippen molar-refractivity contribution in [2.45, 2.75) is 0 Å². The van der Waals surface area contributed by atoms with E-state index in [9.17, 15) is 0 Å². The molecule has 0 spiro atoms. The van der Waals surface area contributed by atoms with Crippen LogP contribution in [0.25, 0.3) is 22.2 Å². The van der Waals surface area contributed by atoms with Crippen molar-refractivity contribution in [2.24, 2.45) is 0 Å². The Labute approximate surface area is 160 Å². The summed E-state index contributed by atoms with van der Waals surface area (Å²) in [7, 11) is 3.87. The molecule has 0 aliphatic carbocycles. The van der Waals surface area contributed by atoms with Crippen molar-refractivity contribution in [3.05, 3.63) is 54.6 Å². The number of methoxy groups -OCH3 is 1. The maximum absolute atomic E-state index is 5.27. The van der Waals surface area contributed by atoms with Gasteiger partial charge in [0.15, 0.2) is 0 Å². The van der Waals surface area contributed by atoms with E-state index in [0.717, 1.165) is 48.7 Å². The first-order valence-electron chi connectivity index (χ1n) is 8.72. The molecule has 1 saturated heterocycles. The van der Waals surface area contributed by atoms with Gasteiger partial charge in [-0.3, -0.25) is 0 Å². The predicted molar refractivity (Wildman–Crippen MR) is 111 cm³/mol. The zero-order valence-corrected chi connectivity index (χ0v) is 16.0. The number of anilines is 1. The van der Waals surface area contributed by atoms with Gasteiger partial charge in [0.05, 0.1) is 18.3 Å². The van der Waals surface area contributed by atoms with Gasteiger partial charge in [0.25, 0.3) is 0 Å². The van der Waals surface area contributed by atoms with Gasteiger partial charge in [0, 0.05) is 42.8 Å². The van der Waals surface area contributed by atoms with Gasteiger partial charge >= 0.3 is 0 Å². The summed E-state index contributed by atoms with van der Waals surface area (Å²) in [5.74, 6) is 0.865. The Kier molecular flexibility index (Phi) is 5.64. The third-order valence-corrected chi connectivity index (χ3v) is 4.92. The Balaban J connectivity index is 0.00000196.